The van der Waals surface area contributed by atoms with Crippen molar-refractivity contribution in [1.29, 1.82) is 0 Å². The zero-order valence-electron chi connectivity index (χ0n) is 15.3. The van der Waals surface area contributed by atoms with Gasteiger partial charge in [-0.3, -0.25) is 14.9 Å². The van der Waals surface area contributed by atoms with Crippen molar-refractivity contribution < 1.29 is 9.59 Å². The van der Waals surface area contributed by atoms with Crippen molar-refractivity contribution in [3.8, 4) is 0 Å². The Morgan fingerprint density at radius 2 is 1.88 bits per heavy atom. The van der Waals surface area contributed by atoms with E-state index in [2.05, 4.69) is 24.1 Å². The molecule has 0 saturated heterocycles. The predicted molar refractivity (Wildman–Crippen MR) is 105 cm³/mol. The SMILES string of the molecule is CCCN(CCC)C(=O)C1CCc2sc(NC(=O)c3ccccc3)nc21. The fraction of sp³-hybridized carbons (Fsp3) is 0.450. The third-order valence-corrected chi connectivity index (χ3v) is 5.62. The van der Waals surface area contributed by atoms with Crippen molar-refractivity contribution in [1.82, 2.24) is 9.88 Å². The van der Waals surface area contributed by atoms with E-state index in [1.807, 2.05) is 23.1 Å². The standard InChI is InChI=1S/C20H25N3O2S/c1-3-12-23(13-4-2)19(25)15-10-11-16-17(15)21-20(26-16)22-18(24)14-8-6-5-7-9-14/h5-9,15H,3-4,10-13H2,1-2H3,(H,21,22,24). The van der Waals surface area contributed by atoms with Crippen molar-refractivity contribution in [2.24, 2.45) is 0 Å². The van der Waals surface area contributed by atoms with E-state index in [4.69, 9.17) is 0 Å². The first kappa shape index (κ1) is 18.6. The molecular formula is C20H25N3O2S. The first-order valence-electron chi connectivity index (χ1n) is 9.28. The number of aryl methyl sites for hydroxylation is 1. The van der Waals surface area contributed by atoms with Gasteiger partial charge in [0.25, 0.3) is 5.91 Å². The predicted octanol–water partition coefficient (Wildman–Crippen LogP) is 4.07. The lowest BCUT2D eigenvalue weighted by molar-refractivity contribution is -0.133. The number of amides is 2. The zero-order valence-corrected chi connectivity index (χ0v) is 16.1. The van der Waals surface area contributed by atoms with Crippen LogP contribution in [-0.2, 0) is 11.2 Å². The summed E-state index contributed by atoms with van der Waals surface area (Å²) in [5, 5.41) is 3.45. The Bertz CT molecular complexity index is 767. The summed E-state index contributed by atoms with van der Waals surface area (Å²) >= 11 is 1.49. The summed E-state index contributed by atoms with van der Waals surface area (Å²) in [6.07, 6.45) is 3.60. The molecule has 1 aliphatic rings. The van der Waals surface area contributed by atoms with Gasteiger partial charge in [-0.05, 0) is 37.8 Å². The molecule has 1 aromatic carbocycles. The van der Waals surface area contributed by atoms with E-state index in [1.54, 1.807) is 12.1 Å². The molecule has 1 unspecified atom stereocenters. The van der Waals surface area contributed by atoms with E-state index in [1.165, 1.54) is 11.3 Å². The highest BCUT2D eigenvalue weighted by atomic mass is 32.1. The number of carbonyl (C=O) groups excluding carboxylic acids is 2. The summed E-state index contributed by atoms with van der Waals surface area (Å²) in [5.41, 5.74) is 1.47. The van der Waals surface area contributed by atoms with E-state index in [-0.39, 0.29) is 17.7 Å². The smallest absolute Gasteiger partial charge is 0.257 e. The number of nitrogens with zero attached hydrogens (tertiary/aromatic N) is 2. The number of aromatic nitrogens is 1. The number of fused-ring (bicyclic) bond motifs is 1. The highest BCUT2D eigenvalue weighted by Crippen LogP contribution is 2.39. The summed E-state index contributed by atoms with van der Waals surface area (Å²) in [6.45, 7) is 5.77. The topological polar surface area (TPSA) is 62.3 Å². The Morgan fingerprint density at radius 1 is 1.19 bits per heavy atom. The van der Waals surface area contributed by atoms with Gasteiger partial charge in [-0.25, -0.2) is 4.98 Å². The van der Waals surface area contributed by atoms with Crippen LogP contribution in [0.1, 0.15) is 60.0 Å². The minimum atomic E-state index is -0.167. The monoisotopic (exact) mass is 371 g/mol. The number of carbonyl (C=O) groups is 2. The van der Waals surface area contributed by atoms with Crippen LogP contribution in [0.3, 0.4) is 0 Å². The van der Waals surface area contributed by atoms with Crippen LogP contribution in [0.15, 0.2) is 30.3 Å². The molecule has 0 radical (unpaired) electrons. The normalized spacial score (nSPS) is 15.5. The largest absolute Gasteiger partial charge is 0.342 e. The van der Waals surface area contributed by atoms with E-state index >= 15 is 0 Å². The third-order valence-electron chi connectivity index (χ3n) is 4.57. The third kappa shape index (κ3) is 3.96. The Balaban J connectivity index is 1.73. The van der Waals surface area contributed by atoms with Crippen LogP contribution < -0.4 is 5.32 Å². The second kappa shape index (κ2) is 8.45. The van der Waals surface area contributed by atoms with E-state index < -0.39 is 0 Å². The molecule has 2 aromatic rings. The zero-order chi connectivity index (χ0) is 18.5. The average molecular weight is 372 g/mol. The van der Waals surface area contributed by atoms with Gasteiger partial charge in [0, 0.05) is 23.5 Å². The van der Waals surface area contributed by atoms with Crippen molar-refractivity contribution in [3.63, 3.8) is 0 Å². The number of nitrogens with one attached hydrogen (secondary N) is 1. The fourth-order valence-corrected chi connectivity index (χ4v) is 4.41. The molecule has 1 atom stereocenters. The molecule has 138 valence electrons. The van der Waals surface area contributed by atoms with Gasteiger partial charge in [0.1, 0.15) is 0 Å². The van der Waals surface area contributed by atoms with Crippen LogP contribution >= 0.6 is 11.3 Å². The van der Waals surface area contributed by atoms with Gasteiger partial charge in [0.05, 0.1) is 11.6 Å². The lowest BCUT2D eigenvalue weighted by atomic mass is 10.1. The van der Waals surface area contributed by atoms with Crippen molar-refractivity contribution in [2.45, 2.75) is 45.4 Å². The van der Waals surface area contributed by atoms with Gasteiger partial charge in [-0.2, -0.15) is 0 Å². The van der Waals surface area contributed by atoms with Gasteiger partial charge >= 0.3 is 0 Å². The van der Waals surface area contributed by atoms with Crippen LogP contribution in [0.2, 0.25) is 0 Å². The van der Waals surface area contributed by atoms with Crippen LogP contribution in [0.25, 0.3) is 0 Å². The first-order chi connectivity index (χ1) is 12.6. The van der Waals surface area contributed by atoms with E-state index in [0.29, 0.717) is 10.7 Å². The van der Waals surface area contributed by atoms with E-state index in [0.717, 1.165) is 49.3 Å². The van der Waals surface area contributed by atoms with Gasteiger partial charge in [-0.1, -0.05) is 32.0 Å². The highest BCUT2D eigenvalue weighted by molar-refractivity contribution is 7.16. The fourth-order valence-electron chi connectivity index (χ4n) is 3.37. The molecule has 2 amide bonds. The molecule has 6 heteroatoms. The molecule has 1 aliphatic carbocycles. The number of benzene rings is 1. The van der Waals surface area contributed by atoms with Crippen molar-refractivity contribution in [3.05, 3.63) is 46.5 Å². The molecule has 0 bridgehead atoms. The van der Waals surface area contributed by atoms with Gasteiger partial charge in [0.2, 0.25) is 5.91 Å². The molecular weight excluding hydrogens is 346 g/mol. The number of thiazole rings is 1. The molecule has 0 fully saturated rings. The molecule has 3 rings (SSSR count). The van der Waals surface area contributed by atoms with Crippen molar-refractivity contribution in [2.75, 3.05) is 18.4 Å². The van der Waals surface area contributed by atoms with Crippen LogP contribution in [0, 0.1) is 0 Å². The average Bonchev–Trinajstić information content (AvgIpc) is 3.21. The first-order valence-corrected chi connectivity index (χ1v) is 10.1. The Hall–Kier alpha value is -2.21. The minimum Gasteiger partial charge on any atom is -0.342 e. The summed E-state index contributed by atoms with van der Waals surface area (Å²) in [5.74, 6) is -0.153. The molecule has 0 saturated carbocycles. The quantitative estimate of drug-likeness (QED) is 0.798. The molecule has 0 aliphatic heterocycles. The molecule has 0 spiro atoms. The Morgan fingerprint density at radius 3 is 2.54 bits per heavy atom. The summed E-state index contributed by atoms with van der Waals surface area (Å²) in [4.78, 5) is 32.9. The summed E-state index contributed by atoms with van der Waals surface area (Å²) in [6, 6.07) is 9.10. The lowest BCUT2D eigenvalue weighted by Gasteiger charge is -2.24. The highest BCUT2D eigenvalue weighted by Gasteiger charge is 2.35. The molecule has 1 aromatic heterocycles. The lowest BCUT2D eigenvalue weighted by Crippen LogP contribution is -2.36. The molecule has 26 heavy (non-hydrogen) atoms. The Kier molecular flexibility index (Phi) is 6.04. The molecule has 1 heterocycles. The number of anilines is 1. The summed E-state index contributed by atoms with van der Waals surface area (Å²) in [7, 11) is 0. The van der Waals surface area contributed by atoms with Crippen LogP contribution in [0.4, 0.5) is 5.13 Å². The number of hydrogen-bond donors (Lipinski definition) is 1. The number of rotatable bonds is 7. The summed E-state index contributed by atoms with van der Waals surface area (Å²) < 4.78 is 0. The van der Waals surface area contributed by atoms with Crippen LogP contribution in [-0.4, -0.2) is 34.8 Å². The van der Waals surface area contributed by atoms with Gasteiger partial charge in [0.15, 0.2) is 5.13 Å². The Labute approximate surface area is 158 Å². The van der Waals surface area contributed by atoms with Gasteiger partial charge < -0.3 is 4.90 Å². The maximum absolute atomic E-state index is 12.9. The molecule has 1 N–H and O–H groups in total. The second-order valence-electron chi connectivity index (χ2n) is 6.56. The van der Waals surface area contributed by atoms with E-state index in [9.17, 15) is 9.59 Å². The number of hydrogen-bond acceptors (Lipinski definition) is 4. The minimum absolute atomic E-state index is 0.165. The van der Waals surface area contributed by atoms with Crippen LogP contribution in [0.5, 0.6) is 0 Å². The molecule has 5 nitrogen and oxygen atoms in total. The maximum Gasteiger partial charge on any atom is 0.257 e. The second-order valence-corrected chi connectivity index (χ2v) is 7.65. The maximum atomic E-state index is 12.9. The van der Waals surface area contributed by atoms with Crippen molar-refractivity contribution >= 4 is 28.3 Å². The van der Waals surface area contributed by atoms with Gasteiger partial charge in [-0.15, -0.1) is 11.3 Å².